The Kier molecular flexibility index (Phi) is 7.05. The lowest BCUT2D eigenvalue weighted by atomic mass is 10.00. The van der Waals surface area contributed by atoms with Crippen molar-refractivity contribution in [3.05, 3.63) is 111 Å². The molecular formula is C26H23Cl2N3O3. The number of amides is 1. The highest BCUT2D eigenvalue weighted by molar-refractivity contribution is 6.42. The summed E-state index contributed by atoms with van der Waals surface area (Å²) in [4.78, 5) is 26.3. The Morgan fingerprint density at radius 2 is 1.68 bits per heavy atom. The van der Waals surface area contributed by atoms with Crippen LogP contribution < -0.4 is 16.6 Å². The van der Waals surface area contributed by atoms with Gasteiger partial charge in [-0.15, -0.1) is 0 Å². The van der Waals surface area contributed by atoms with Crippen molar-refractivity contribution in [3.8, 4) is 0 Å². The molecule has 0 saturated heterocycles. The molecule has 3 aromatic carbocycles. The Labute approximate surface area is 206 Å². The normalized spacial score (nSPS) is 13.9. The van der Waals surface area contributed by atoms with Crippen LogP contribution in [0.3, 0.4) is 0 Å². The first-order valence-electron chi connectivity index (χ1n) is 10.7. The van der Waals surface area contributed by atoms with E-state index in [1.807, 2.05) is 18.2 Å². The SMILES string of the molecule is C[C@H](C(=O)Nc1cccc2c(=O)n([C@H](c3ccccc3)C(N)O)ccc12)c1ccc(Cl)c(Cl)c1. The van der Waals surface area contributed by atoms with Crippen LogP contribution in [0.4, 0.5) is 5.69 Å². The Morgan fingerprint density at radius 1 is 0.941 bits per heavy atom. The number of aromatic nitrogens is 1. The van der Waals surface area contributed by atoms with Crippen molar-refractivity contribution < 1.29 is 9.90 Å². The number of halogens is 2. The standard InChI is InChI=1S/C26H23Cl2N3O3/c1-15(17-10-11-20(27)21(28)14-17)25(33)30-22-9-5-8-19-18(22)12-13-31(26(19)34)23(24(29)32)16-6-3-2-4-7-16/h2-15,23-24,32H,29H2,1H3,(H,30,33)/t15-,23+,24?/m0/s1. The molecule has 6 nitrogen and oxygen atoms in total. The summed E-state index contributed by atoms with van der Waals surface area (Å²) in [6, 6.07) is 20.2. The molecule has 4 aromatic rings. The molecule has 1 amide bonds. The maximum atomic E-state index is 13.4. The summed E-state index contributed by atoms with van der Waals surface area (Å²) in [6.45, 7) is 1.76. The molecule has 4 rings (SSSR count). The van der Waals surface area contributed by atoms with Crippen molar-refractivity contribution in [1.29, 1.82) is 0 Å². The van der Waals surface area contributed by atoms with Crippen LogP contribution in [0, 0.1) is 0 Å². The third kappa shape index (κ3) is 4.72. The lowest BCUT2D eigenvalue weighted by Gasteiger charge is -2.23. The quantitative estimate of drug-likeness (QED) is 0.330. The molecule has 0 aliphatic rings. The van der Waals surface area contributed by atoms with Crippen molar-refractivity contribution in [3.63, 3.8) is 0 Å². The fraction of sp³-hybridized carbons (Fsp3) is 0.154. The van der Waals surface area contributed by atoms with Gasteiger partial charge >= 0.3 is 0 Å². The minimum atomic E-state index is -1.28. The zero-order valence-electron chi connectivity index (χ0n) is 18.3. The number of aliphatic hydroxyl groups excluding tert-OH is 1. The van der Waals surface area contributed by atoms with Gasteiger partial charge in [-0.1, -0.05) is 65.7 Å². The molecule has 1 aromatic heterocycles. The van der Waals surface area contributed by atoms with E-state index >= 15 is 0 Å². The van der Waals surface area contributed by atoms with E-state index in [2.05, 4.69) is 5.32 Å². The second-order valence-corrected chi connectivity index (χ2v) is 8.84. The van der Waals surface area contributed by atoms with E-state index in [1.54, 1.807) is 67.7 Å². The molecule has 0 spiro atoms. The lowest BCUT2D eigenvalue weighted by molar-refractivity contribution is -0.117. The lowest BCUT2D eigenvalue weighted by Crippen LogP contribution is -2.38. The average molecular weight is 496 g/mol. The summed E-state index contributed by atoms with van der Waals surface area (Å²) in [6.07, 6.45) is 0.295. The Bertz CT molecular complexity index is 1400. The van der Waals surface area contributed by atoms with E-state index in [0.717, 1.165) is 5.56 Å². The fourth-order valence-electron chi connectivity index (χ4n) is 3.97. The van der Waals surface area contributed by atoms with E-state index < -0.39 is 18.2 Å². The van der Waals surface area contributed by atoms with Crippen molar-refractivity contribution in [2.24, 2.45) is 5.73 Å². The minimum Gasteiger partial charge on any atom is -0.376 e. The van der Waals surface area contributed by atoms with Crippen LogP contribution >= 0.6 is 23.2 Å². The average Bonchev–Trinajstić information content (AvgIpc) is 2.83. The molecule has 1 heterocycles. The molecule has 0 bridgehead atoms. The maximum Gasteiger partial charge on any atom is 0.259 e. The van der Waals surface area contributed by atoms with Crippen molar-refractivity contribution in [1.82, 2.24) is 4.57 Å². The molecule has 0 saturated carbocycles. The first-order chi connectivity index (χ1) is 16.3. The van der Waals surface area contributed by atoms with E-state index in [-0.39, 0.29) is 11.5 Å². The van der Waals surface area contributed by atoms with E-state index in [1.165, 1.54) is 4.57 Å². The molecule has 0 fully saturated rings. The summed E-state index contributed by atoms with van der Waals surface area (Å²) in [5.74, 6) is -0.755. The predicted octanol–water partition coefficient (Wildman–Crippen LogP) is 4.92. The Balaban J connectivity index is 1.69. The summed E-state index contributed by atoms with van der Waals surface area (Å²) in [5, 5.41) is 14.9. The predicted molar refractivity (Wildman–Crippen MR) is 136 cm³/mol. The van der Waals surface area contributed by atoms with Gasteiger partial charge < -0.3 is 20.7 Å². The van der Waals surface area contributed by atoms with Crippen LogP contribution in [0.15, 0.2) is 83.8 Å². The van der Waals surface area contributed by atoms with Gasteiger partial charge in [0.1, 0.15) is 12.3 Å². The first kappa shape index (κ1) is 24.0. The van der Waals surface area contributed by atoms with Crippen LogP contribution in [0.25, 0.3) is 10.8 Å². The maximum absolute atomic E-state index is 13.4. The molecule has 0 radical (unpaired) electrons. The number of benzene rings is 3. The number of fused-ring (bicyclic) bond motifs is 1. The first-order valence-corrected chi connectivity index (χ1v) is 11.4. The van der Waals surface area contributed by atoms with Gasteiger partial charge in [0, 0.05) is 22.7 Å². The number of nitrogens with one attached hydrogen (secondary N) is 1. The van der Waals surface area contributed by atoms with Gasteiger partial charge in [0.25, 0.3) is 5.56 Å². The summed E-state index contributed by atoms with van der Waals surface area (Å²) in [7, 11) is 0. The molecule has 8 heteroatoms. The minimum absolute atomic E-state index is 0.255. The van der Waals surface area contributed by atoms with Gasteiger partial charge in [0.2, 0.25) is 5.91 Å². The molecule has 0 aliphatic heterocycles. The number of rotatable bonds is 6. The second kappa shape index (κ2) is 9.99. The molecule has 174 valence electrons. The number of aliphatic hydroxyl groups is 1. The van der Waals surface area contributed by atoms with Crippen LogP contribution in [0.2, 0.25) is 10.0 Å². The third-order valence-electron chi connectivity index (χ3n) is 5.83. The summed E-state index contributed by atoms with van der Waals surface area (Å²) < 4.78 is 1.41. The number of pyridine rings is 1. The van der Waals surface area contributed by atoms with Crippen molar-refractivity contribution in [2.75, 3.05) is 5.32 Å². The Hall–Kier alpha value is -3.16. The highest BCUT2D eigenvalue weighted by atomic mass is 35.5. The van der Waals surface area contributed by atoms with Gasteiger partial charge in [-0.05, 0) is 48.4 Å². The zero-order valence-corrected chi connectivity index (χ0v) is 19.8. The van der Waals surface area contributed by atoms with E-state index in [0.29, 0.717) is 32.1 Å². The largest absolute Gasteiger partial charge is 0.376 e. The van der Waals surface area contributed by atoms with Crippen LogP contribution in [-0.4, -0.2) is 21.8 Å². The number of nitrogens with two attached hydrogens (primary N) is 1. The Morgan fingerprint density at radius 3 is 2.35 bits per heavy atom. The third-order valence-corrected chi connectivity index (χ3v) is 6.57. The molecule has 0 aliphatic carbocycles. The van der Waals surface area contributed by atoms with Crippen LogP contribution in [0.5, 0.6) is 0 Å². The fourth-order valence-corrected chi connectivity index (χ4v) is 4.27. The number of hydrogen-bond acceptors (Lipinski definition) is 4. The van der Waals surface area contributed by atoms with Crippen LogP contribution in [-0.2, 0) is 4.79 Å². The smallest absolute Gasteiger partial charge is 0.259 e. The highest BCUT2D eigenvalue weighted by Crippen LogP contribution is 2.29. The van der Waals surface area contributed by atoms with Gasteiger partial charge in [-0.25, -0.2) is 0 Å². The molecule has 1 unspecified atom stereocenters. The summed E-state index contributed by atoms with van der Waals surface area (Å²) in [5.41, 5.74) is 7.44. The monoisotopic (exact) mass is 495 g/mol. The van der Waals surface area contributed by atoms with Gasteiger partial charge in [0.05, 0.1) is 16.0 Å². The molecular weight excluding hydrogens is 473 g/mol. The molecule has 3 atom stereocenters. The van der Waals surface area contributed by atoms with E-state index in [4.69, 9.17) is 28.9 Å². The van der Waals surface area contributed by atoms with Crippen LogP contribution in [0.1, 0.15) is 30.0 Å². The molecule has 4 N–H and O–H groups in total. The van der Waals surface area contributed by atoms with Crippen molar-refractivity contribution in [2.45, 2.75) is 25.1 Å². The topological polar surface area (TPSA) is 97.4 Å². The summed E-state index contributed by atoms with van der Waals surface area (Å²) >= 11 is 12.1. The number of anilines is 1. The second-order valence-electron chi connectivity index (χ2n) is 8.03. The molecule has 34 heavy (non-hydrogen) atoms. The van der Waals surface area contributed by atoms with E-state index in [9.17, 15) is 14.7 Å². The highest BCUT2D eigenvalue weighted by Gasteiger charge is 2.23. The van der Waals surface area contributed by atoms with Gasteiger partial charge in [-0.3, -0.25) is 9.59 Å². The number of carbonyl (C=O) groups excluding carboxylic acids is 1. The van der Waals surface area contributed by atoms with Crippen molar-refractivity contribution >= 4 is 45.6 Å². The van der Waals surface area contributed by atoms with Gasteiger partial charge in [-0.2, -0.15) is 0 Å². The number of carbonyl (C=O) groups is 1. The zero-order chi connectivity index (χ0) is 24.4. The van der Waals surface area contributed by atoms with Gasteiger partial charge in [0.15, 0.2) is 0 Å². The number of nitrogens with zero attached hydrogens (tertiary/aromatic N) is 1. The number of hydrogen-bond donors (Lipinski definition) is 3.